The summed E-state index contributed by atoms with van der Waals surface area (Å²) in [6.45, 7) is 7.12. The number of rotatable bonds is 7. The van der Waals surface area contributed by atoms with Crippen molar-refractivity contribution in [2.24, 2.45) is 0 Å². The van der Waals surface area contributed by atoms with E-state index in [4.69, 9.17) is 9.47 Å². The monoisotopic (exact) mass is 486 g/mol. The number of hydrogen-bond acceptors (Lipinski definition) is 5. The Kier molecular flexibility index (Phi) is 7.91. The molecule has 8 heteroatoms. The van der Waals surface area contributed by atoms with Crippen molar-refractivity contribution in [3.8, 4) is 5.75 Å². The van der Waals surface area contributed by atoms with Gasteiger partial charge < -0.3 is 14.4 Å². The van der Waals surface area contributed by atoms with Crippen LogP contribution in [0.4, 0.5) is 0 Å². The minimum absolute atomic E-state index is 0.130. The second kappa shape index (κ2) is 10.9. The van der Waals surface area contributed by atoms with Crippen LogP contribution >= 0.6 is 0 Å². The van der Waals surface area contributed by atoms with E-state index in [9.17, 15) is 13.2 Å². The standard InChI is InChI=1S/C26H34N2O5S/c1-20-3-4-21(2)25(19-20)33-23-11-13-27(14-12-23)26(29)10-7-22-5-8-24(9-6-22)34(30,31)28-15-17-32-18-16-28/h3-6,8-9,19,23H,7,10-18H2,1-2H3. The first kappa shape index (κ1) is 24.7. The lowest BCUT2D eigenvalue weighted by atomic mass is 10.1. The number of likely N-dealkylation sites (tertiary alicyclic amines) is 1. The van der Waals surface area contributed by atoms with Gasteiger partial charge in [-0.1, -0.05) is 24.3 Å². The molecule has 2 fully saturated rings. The first-order valence-corrected chi connectivity index (χ1v) is 13.5. The number of piperidine rings is 1. The molecule has 0 spiro atoms. The molecule has 0 saturated carbocycles. The van der Waals surface area contributed by atoms with Crippen molar-refractivity contribution in [2.45, 2.75) is 50.5 Å². The first-order valence-electron chi connectivity index (χ1n) is 12.0. The van der Waals surface area contributed by atoms with Crippen LogP contribution in [-0.4, -0.2) is 69.0 Å². The number of carbonyl (C=O) groups is 1. The minimum Gasteiger partial charge on any atom is -0.490 e. The highest BCUT2D eigenvalue weighted by Gasteiger charge is 2.27. The highest BCUT2D eigenvalue weighted by atomic mass is 32.2. The summed E-state index contributed by atoms with van der Waals surface area (Å²) in [5.41, 5.74) is 3.27. The third-order valence-corrected chi connectivity index (χ3v) is 8.50. The number of carbonyl (C=O) groups excluding carboxylic acids is 1. The van der Waals surface area contributed by atoms with E-state index in [0.717, 1.165) is 29.7 Å². The van der Waals surface area contributed by atoms with Gasteiger partial charge in [-0.05, 0) is 55.2 Å². The molecule has 2 aromatic rings. The number of benzene rings is 2. The van der Waals surface area contributed by atoms with Gasteiger partial charge in [-0.3, -0.25) is 4.79 Å². The van der Waals surface area contributed by atoms with E-state index in [-0.39, 0.29) is 16.9 Å². The van der Waals surface area contributed by atoms with Gasteiger partial charge in [-0.25, -0.2) is 8.42 Å². The molecule has 2 aliphatic rings. The third-order valence-electron chi connectivity index (χ3n) is 6.59. The molecule has 0 radical (unpaired) electrons. The van der Waals surface area contributed by atoms with Crippen molar-refractivity contribution in [3.63, 3.8) is 0 Å². The molecule has 0 aliphatic carbocycles. The van der Waals surface area contributed by atoms with E-state index in [0.29, 0.717) is 52.2 Å². The van der Waals surface area contributed by atoms with Gasteiger partial charge in [0.05, 0.1) is 18.1 Å². The van der Waals surface area contributed by atoms with E-state index in [1.54, 1.807) is 12.1 Å². The molecule has 184 valence electrons. The molecular weight excluding hydrogens is 452 g/mol. The third kappa shape index (κ3) is 5.98. The average molecular weight is 487 g/mol. The Balaban J connectivity index is 1.24. The number of sulfonamides is 1. The Morgan fingerprint density at radius 1 is 1.00 bits per heavy atom. The fourth-order valence-electron chi connectivity index (χ4n) is 4.41. The molecule has 2 aromatic carbocycles. The highest BCUT2D eigenvalue weighted by molar-refractivity contribution is 7.89. The predicted molar refractivity (Wildman–Crippen MR) is 130 cm³/mol. The van der Waals surface area contributed by atoms with E-state index in [2.05, 4.69) is 32.0 Å². The van der Waals surface area contributed by atoms with Crippen LogP contribution in [0, 0.1) is 13.8 Å². The van der Waals surface area contributed by atoms with Gasteiger partial charge in [0.15, 0.2) is 0 Å². The Hall–Kier alpha value is -2.42. The lowest BCUT2D eigenvalue weighted by Crippen LogP contribution is -2.41. The Bertz CT molecular complexity index is 1090. The number of aryl methyl sites for hydroxylation is 3. The maximum absolute atomic E-state index is 12.7. The fraction of sp³-hybridized carbons (Fsp3) is 0.500. The molecule has 0 N–H and O–H groups in total. The van der Waals surface area contributed by atoms with Gasteiger partial charge in [0.1, 0.15) is 11.9 Å². The van der Waals surface area contributed by atoms with Crippen molar-refractivity contribution in [1.82, 2.24) is 9.21 Å². The van der Waals surface area contributed by atoms with E-state index in [1.807, 2.05) is 17.0 Å². The van der Waals surface area contributed by atoms with Gasteiger partial charge in [-0.15, -0.1) is 0 Å². The lowest BCUT2D eigenvalue weighted by molar-refractivity contribution is -0.132. The molecule has 4 rings (SSSR count). The van der Waals surface area contributed by atoms with Crippen LogP contribution < -0.4 is 4.74 Å². The van der Waals surface area contributed by atoms with Crippen LogP contribution in [0.5, 0.6) is 5.75 Å². The Morgan fingerprint density at radius 3 is 2.35 bits per heavy atom. The minimum atomic E-state index is -3.49. The summed E-state index contributed by atoms with van der Waals surface area (Å²) in [4.78, 5) is 14.9. The van der Waals surface area contributed by atoms with Gasteiger partial charge in [-0.2, -0.15) is 4.31 Å². The summed E-state index contributed by atoms with van der Waals surface area (Å²) in [6.07, 6.45) is 2.79. The SMILES string of the molecule is Cc1ccc(C)c(OC2CCN(C(=O)CCc3ccc(S(=O)(=O)N4CCOCC4)cc3)CC2)c1. The molecule has 0 aromatic heterocycles. The molecule has 1 amide bonds. The summed E-state index contributed by atoms with van der Waals surface area (Å²) < 4.78 is 38.4. The Labute approximate surface area is 202 Å². The zero-order valence-corrected chi connectivity index (χ0v) is 20.9. The molecule has 0 atom stereocenters. The van der Waals surface area contributed by atoms with Crippen molar-refractivity contribution in [3.05, 3.63) is 59.2 Å². The summed E-state index contributed by atoms with van der Waals surface area (Å²) in [5.74, 6) is 1.07. The highest BCUT2D eigenvalue weighted by Crippen LogP contribution is 2.24. The zero-order valence-electron chi connectivity index (χ0n) is 20.0. The number of nitrogens with zero attached hydrogens (tertiary/aromatic N) is 2. The van der Waals surface area contributed by atoms with Crippen LogP contribution in [-0.2, 0) is 26.0 Å². The molecular formula is C26H34N2O5S. The second-order valence-corrected chi connectivity index (χ2v) is 11.1. The van der Waals surface area contributed by atoms with Crippen LogP contribution in [0.1, 0.15) is 36.0 Å². The van der Waals surface area contributed by atoms with Crippen LogP contribution in [0.25, 0.3) is 0 Å². The summed E-state index contributed by atoms with van der Waals surface area (Å²) in [5, 5.41) is 0. The van der Waals surface area contributed by atoms with E-state index in [1.165, 1.54) is 9.87 Å². The molecule has 2 aliphatic heterocycles. The van der Waals surface area contributed by atoms with Crippen molar-refractivity contribution < 1.29 is 22.7 Å². The fourth-order valence-corrected chi connectivity index (χ4v) is 5.82. The lowest BCUT2D eigenvalue weighted by Gasteiger charge is -2.32. The first-order chi connectivity index (χ1) is 16.3. The van der Waals surface area contributed by atoms with E-state index < -0.39 is 10.0 Å². The quantitative estimate of drug-likeness (QED) is 0.600. The maximum atomic E-state index is 12.7. The number of morpholine rings is 1. The Morgan fingerprint density at radius 2 is 1.68 bits per heavy atom. The summed E-state index contributed by atoms with van der Waals surface area (Å²) >= 11 is 0. The van der Waals surface area contributed by atoms with Gasteiger partial charge >= 0.3 is 0 Å². The molecule has 0 unspecified atom stereocenters. The van der Waals surface area contributed by atoms with Gasteiger partial charge in [0.25, 0.3) is 0 Å². The maximum Gasteiger partial charge on any atom is 0.243 e. The van der Waals surface area contributed by atoms with Crippen LogP contribution in [0.15, 0.2) is 47.4 Å². The van der Waals surface area contributed by atoms with Crippen LogP contribution in [0.2, 0.25) is 0 Å². The summed E-state index contributed by atoms with van der Waals surface area (Å²) in [6, 6.07) is 13.1. The largest absolute Gasteiger partial charge is 0.490 e. The van der Waals surface area contributed by atoms with Gasteiger partial charge in [0, 0.05) is 45.4 Å². The average Bonchev–Trinajstić information content (AvgIpc) is 2.86. The topological polar surface area (TPSA) is 76.2 Å². The molecule has 7 nitrogen and oxygen atoms in total. The van der Waals surface area contributed by atoms with Crippen LogP contribution in [0.3, 0.4) is 0 Å². The predicted octanol–water partition coefficient (Wildman–Crippen LogP) is 3.33. The normalized spacial score (nSPS) is 18.1. The molecule has 2 saturated heterocycles. The number of ether oxygens (including phenoxy) is 2. The second-order valence-electron chi connectivity index (χ2n) is 9.13. The van der Waals surface area contributed by atoms with Crippen molar-refractivity contribution in [2.75, 3.05) is 39.4 Å². The zero-order chi connectivity index (χ0) is 24.1. The van der Waals surface area contributed by atoms with Crippen molar-refractivity contribution in [1.29, 1.82) is 0 Å². The number of hydrogen-bond donors (Lipinski definition) is 0. The molecule has 2 heterocycles. The van der Waals surface area contributed by atoms with Gasteiger partial charge in [0.2, 0.25) is 15.9 Å². The molecule has 34 heavy (non-hydrogen) atoms. The summed E-state index contributed by atoms with van der Waals surface area (Å²) in [7, 11) is -3.49. The van der Waals surface area contributed by atoms with Crippen molar-refractivity contribution >= 4 is 15.9 Å². The number of amides is 1. The van der Waals surface area contributed by atoms with E-state index >= 15 is 0 Å². The molecule has 0 bridgehead atoms. The smallest absolute Gasteiger partial charge is 0.243 e.